The van der Waals surface area contributed by atoms with Gasteiger partial charge >= 0.3 is 0 Å². The van der Waals surface area contributed by atoms with Gasteiger partial charge in [-0.25, -0.2) is 9.97 Å². The van der Waals surface area contributed by atoms with Crippen LogP contribution in [0.4, 0.5) is 0 Å². The fourth-order valence-corrected chi connectivity index (χ4v) is 1.30. The second-order valence-corrected chi connectivity index (χ2v) is 4.48. The first-order chi connectivity index (χ1) is 5.11. The van der Waals surface area contributed by atoms with E-state index in [9.17, 15) is 4.21 Å². The Labute approximate surface area is 81.2 Å². The van der Waals surface area contributed by atoms with Gasteiger partial charge in [0, 0.05) is 12.5 Å². The Morgan fingerprint density at radius 1 is 1.64 bits per heavy atom. The van der Waals surface area contributed by atoms with Crippen LogP contribution in [0.5, 0.6) is 0 Å². The first kappa shape index (κ1) is 9.05. The molecule has 0 amide bonds. The molecule has 0 N–H and O–H groups in total. The van der Waals surface area contributed by atoms with E-state index in [1.807, 2.05) is 6.92 Å². The number of hydrogen-bond donors (Lipinski definition) is 0. The molecule has 0 spiro atoms. The van der Waals surface area contributed by atoms with E-state index in [0.717, 1.165) is 9.26 Å². The van der Waals surface area contributed by atoms with Crippen molar-refractivity contribution >= 4 is 33.4 Å². The van der Waals surface area contributed by atoms with Gasteiger partial charge in [-0.3, -0.25) is 4.21 Å². The third-order valence-electron chi connectivity index (χ3n) is 1.15. The minimum absolute atomic E-state index is 0.405. The molecule has 0 radical (unpaired) electrons. The molecule has 0 saturated carbocycles. The third-order valence-corrected chi connectivity index (χ3v) is 2.92. The molecule has 0 aliphatic rings. The van der Waals surface area contributed by atoms with Crippen molar-refractivity contribution in [3.63, 3.8) is 0 Å². The van der Waals surface area contributed by atoms with Gasteiger partial charge in [0.05, 0.1) is 20.1 Å². The SMILES string of the molecule is Cc1nc([S@@](C)=O)ncc1I. The lowest BCUT2D eigenvalue weighted by molar-refractivity contribution is 0.678. The fourth-order valence-electron chi connectivity index (χ4n) is 0.570. The largest absolute Gasteiger partial charge is 0.251 e. The zero-order chi connectivity index (χ0) is 8.43. The van der Waals surface area contributed by atoms with Crippen molar-refractivity contribution < 1.29 is 4.21 Å². The molecule has 0 fully saturated rings. The monoisotopic (exact) mass is 282 g/mol. The molecule has 1 aromatic rings. The van der Waals surface area contributed by atoms with E-state index in [1.54, 1.807) is 12.5 Å². The summed E-state index contributed by atoms with van der Waals surface area (Å²) in [6, 6.07) is 0. The van der Waals surface area contributed by atoms with E-state index in [1.165, 1.54) is 0 Å². The molecule has 5 heteroatoms. The average Bonchev–Trinajstić information content (AvgIpc) is 1.94. The highest BCUT2D eigenvalue weighted by Crippen LogP contribution is 2.07. The number of halogens is 1. The van der Waals surface area contributed by atoms with Gasteiger partial charge in [-0.2, -0.15) is 0 Å². The van der Waals surface area contributed by atoms with Crippen molar-refractivity contribution in [1.29, 1.82) is 0 Å². The standard InChI is InChI=1S/C6H7IN2OS/c1-4-5(7)3-8-6(9-4)11(2)10/h3H,1-2H3/t11-/m1/s1. The summed E-state index contributed by atoms with van der Waals surface area (Å²) >= 11 is 2.14. The highest BCUT2D eigenvalue weighted by molar-refractivity contribution is 14.1. The first-order valence-corrected chi connectivity index (χ1v) is 5.57. The molecule has 3 nitrogen and oxygen atoms in total. The summed E-state index contributed by atoms with van der Waals surface area (Å²) in [6.45, 7) is 1.87. The first-order valence-electron chi connectivity index (χ1n) is 2.94. The van der Waals surface area contributed by atoms with Crippen molar-refractivity contribution in [2.24, 2.45) is 0 Å². The summed E-state index contributed by atoms with van der Waals surface area (Å²) in [7, 11) is -1.07. The molecule has 1 rings (SSSR count). The molecule has 0 aliphatic carbocycles. The second kappa shape index (κ2) is 3.57. The minimum Gasteiger partial charge on any atom is -0.251 e. The lowest BCUT2D eigenvalue weighted by Crippen LogP contribution is -1.99. The molecule has 11 heavy (non-hydrogen) atoms. The van der Waals surface area contributed by atoms with Crippen LogP contribution in [-0.4, -0.2) is 20.4 Å². The maximum atomic E-state index is 10.9. The number of hydrogen-bond acceptors (Lipinski definition) is 3. The molecule has 0 aromatic carbocycles. The molecule has 0 aliphatic heterocycles. The second-order valence-electron chi connectivity index (χ2n) is 2.04. The van der Waals surface area contributed by atoms with Crippen molar-refractivity contribution in [1.82, 2.24) is 9.97 Å². The van der Waals surface area contributed by atoms with Crippen LogP contribution < -0.4 is 0 Å². The average molecular weight is 282 g/mol. The minimum atomic E-state index is -1.07. The Morgan fingerprint density at radius 3 is 2.73 bits per heavy atom. The van der Waals surface area contributed by atoms with Gasteiger partial charge in [-0.15, -0.1) is 0 Å². The summed E-state index contributed by atoms with van der Waals surface area (Å²) in [4.78, 5) is 7.97. The van der Waals surface area contributed by atoms with Crippen LogP contribution in [-0.2, 0) is 10.8 Å². The number of aromatic nitrogens is 2. The summed E-state index contributed by atoms with van der Waals surface area (Å²) in [5, 5.41) is 0.405. The molecule has 0 bridgehead atoms. The summed E-state index contributed by atoms with van der Waals surface area (Å²) in [5.74, 6) is 0. The van der Waals surface area contributed by atoms with Crippen LogP contribution in [0, 0.1) is 10.5 Å². The van der Waals surface area contributed by atoms with Gasteiger partial charge in [-0.05, 0) is 29.5 Å². The summed E-state index contributed by atoms with van der Waals surface area (Å²) < 4.78 is 11.9. The van der Waals surface area contributed by atoms with Crippen LogP contribution in [0.25, 0.3) is 0 Å². The summed E-state index contributed by atoms with van der Waals surface area (Å²) in [5.41, 5.74) is 0.880. The number of aryl methyl sites for hydroxylation is 1. The summed E-state index contributed by atoms with van der Waals surface area (Å²) in [6.07, 6.45) is 3.25. The van der Waals surface area contributed by atoms with Crippen LogP contribution >= 0.6 is 22.6 Å². The predicted molar refractivity (Wildman–Crippen MR) is 51.8 cm³/mol. The quantitative estimate of drug-likeness (QED) is 0.573. The Balaban J connectivity index is 3.15. The zero-order valence-corrected chi connectivity index (χ0v) is 9.14. The smallest absolute Gasteiger partial charge is 0.218 e. The van der Waals surface area contributed by atoms with Crippen molar-refractivity contribution in [2.45, 2.75) is 12.1 Å². The van der Waals surface area contributed by atoms with Gasteiger partial charge in [-0.1, -0.05) is 0 Å². The van der Waals surface area contributed by atoms with E-state index in [2.05, 4.69) is 32.6 Å². The van der Waals surface area contributed by atoms with E-state index in [-0.39, 0.29) is 0 Å². The van der Waals surface area contributed by atoms with Gasteiger partial charge < -0.3 is 0 Å². The Morgan fingerprint density at radius 2 is 2.27 bits per heavy atom. The van der Waals surface area contributed by atoms with Gasteiger partial charge in [0.2, 0.25) is 5.16 Å². The number of rotatable bonds is 1. The molecule has 1 aromatic heterocycles. The molecular formula is C6H7IN2OS. The molecule has 0 saturated heterocycles. The molecular weight excluding hydrogens is 275 g/mol. The zero-order valence-electron chi connectivity index (χ0n) is 6.17. The topological polar surface area (TPSA) is 42.9 Å². The lowest BCUT2D eigenvalue weighted by Gasteiger charge is -1.97. The van der Waals surface area contributed by atoms with Gasteiger partial charge in [0.15, 0.2) is 0 Å². The van der Waals surface area contributed by atoms with Crippen molar-refractivity contribution in [3.05, 3.63) is 15.5 Å². The normalized spacial score (nSPS) is 13.0. The van der Waals surface area contributed by atoms with Crippen molar-refractivity contribution in [2.75, 3.05) is 6.26 Å². The van der Waals surface area contributed by atoms with Gasteiger partial charge in [0.25, 0.3) is 0 Å². The highest BCUT2D eigenvalue weighted by Gasteiger charge is 2.02. The van der Waals surface area contributed by atoms with Crippen LogP contribution in [0.2, 0.25) is 0 Å². The molecule has 0 unspecified atom stereocenters. The maximum Gasteiger partial charge on any atom is 0.218 e. The molecule has 60 valence electrons. The van der Waals surface area contributed by atoms with Crippen LogP contribution in [0.15, 0.2) is 11.4 Å². The third kappa shape index (κ3) is 2.19. The van der Waals surface area contributed by atoms with Crippen LogP contribution in [0.1, 0.15) is 5.69 Å². The lowest BCUT2D eigenvalue weighted by atomic mass is 10.5. The molecule has 1 atom stereocenters. The number of nitrogens with zero attached hydrogens (tertiary/aromatic N) is 2. The highest BCUT2D eigenvalue weighted by atomic mass is 127. The molecule has 1 heterocycles. The Kier molecular flexibility index (Phi) is 2.94. The van der Waals surface area contributed by atoms with E-state index in [0.29, 0.717) is 5.16 Å². The Hall–Kier alpha value is -0.0400. The van der Waals surface area contributed by atoms with Crippen LogP contribution in [0.3, 0.4) is 0 Å². The van der Waals surface area contributed by atoms with Gasteiger partial charge in [0.1, 0.15) is 0 Å². The predicted octanol–water partition coefficient (Wildman–Crippen LogP) is 1.13. The Bertz CT molecular complexity index is 303. The van der Waals surface area contributed by atoms with E-state index < -0.39 is 10.8 Å². The van der Waals surface area contributed by atoms with Crippen molar-refractivity contribution in [3.8, 4) is 0 Å². The van der Waals surface area contributed by atoms with E-state index >= 15 is 0 Å². The maximum absolute atomic E-state index is 10.9. The fraction of sp³-hybridized carbons (Fsp3) is 0.333. The van der Waals surface area contributed by atoms with E-state index in [4.69, 9.17) is 0 Å².